The van der Waals surface area contributed by atoms with Crippen molar-refractivity contribution in [3.8, 4) is 0 Å². The number of aromatic nitrogens is 2. The molecule has 0 aliphatic carbocycles. The molecular weight excluding hydrogens is 288 g/mol. The number of carbonyl (C=O) groups is 1. The molecule has 2 N–H and O–H groups in total. The predicted molar refractivity (Wildman–Crippen MR) is 86.8 cm³/mol. The van der Waals surface area contributed by atoms with E-state index < -0.39 is 0 Å². The minimum absolute atomic E-state index is 0.0154. The summed E-state index contributed by atoms with van der Waals surface area (Å²) in [7, 11) is 0. The van der Waals surface area contributed by atoms with Crippen molar-refractivity contribution in [3.63, 3.8) is 0 Å². The van der Waals surface area contributed by atoms with E-state index in [1.54, 1.807) is 0 Å². The molecule has 0 aromatic carbocycles. The Bertz CT molecular complexity index is 497. The molecule has 0 saturated heterocycles. The van der Waals surface area contributed by atoms with Crippen molar-refractivity contribution in [1.82, 2.24) is 15.3 Å². The van der Waals surface area contributed by atoms with Crippen LogP contribution in [-0.2, 0) is 11.2 Å². The Morgan fingerprint density at radius 1 is 1.29 bits per heavy atom. The Kier molecular flexibility index (Phi) is 6.40. The van der Waals surface area contributed by atoms with Crippen LogP contribution in [-0.4, -0.2) is 28.0 Å². The average molecular weight is 313 g/mol. The molecule has 6 heteroatoms. The van der Waals surface area contributed by atoms with E-state index in [2.05, 4.69) is 27.5 Å². The van der Waals surface area contributed by atoms with E-state index in [9.17, 15) is 4.79 Å². The number of rotatable bonds is 6. The summed E-state index contributed by atoms with van der Waals surface area (Å²) in [6.07, 6.45) is 2.15. The van der Waals surface area contributed by atoms with E-state index in [0.717, 1.165) is 24.2 Å². The normalized spacial score (nSPS) is 11.3. The van der Waals surface area contributed by atoms with Gasteiger partial charge in [-0.1, -0.05) is 18.5 Å². The zero-order valence-electron chi connectivity index (χ0n) is 13.5. The van der Waals surface area contributed by atoms with Gasteiger partial charge in [0.1, 0.15) is 16.8 Å². The Morgan fingerprint density at radius 3 is 2.52 bits per heavy atom. The van der Waals surface area contributed by atoms with E-state index in [1.807, 2.05) is 27.7 Å². The second-order valence-electron chi connectivity index (χ2n) is 6.13. The van der Waals surface area contributed by atoms with Gasteiger partial charge in [0.2, 0.25) is 5.91 Å². The second-order valence-corrected chi connectivity index (χ2v) is 6.49. The minimum Gasteiger partial charge on any atom is -0.369 e. The van der Waals surface area contributed by atoms with Crippen LogP contribution in [0.2, 0.25) is 5.15 Å². The van der Waals surface area contributed by atoms with Gasteiger partial charge in [0.05, 0.1) is 0 Å². The zero-order valence-corrected chi connectivity index (χ0v) is 14.3. The third kappa shape index (κ3) is 6.29. The van der Waals surface area contributed by atoms with Crippen LogP contribution >= 0.6 is 11.6 Å². The molecule has 0 fully saturated rings. The number of anilines is 1. The third-order valence-corrected chi connectivity index (χ3v) is 3.13. The first-order valence-electron chi connectivity index (χ1n) is 7.31. The van der Waals surface area contributed by atoms with Crippen LogP contribution in [0.4, 0.5) is 5.82 Å². The van der Waals surface area contributed by atoms with Gasteiger partial charge in [-0.05, 0) is 34.1 Å². The SMILES string of the molecule is CCCc1nc(Cl)c(C)c(NCCC(=O)NC(C)(C)C)n1. The molecular formula is C15H25ClN4O. The van der Waals surface area contributed by atoms with Gasteiger partial charge >= 0.3 is 0 Å². The zero-order chi connectivity index (χ0) is 16.0. The highest BCUT2D eigenvalue weighted by Crippen LogP contribution is 2.20. The summed E-state index contributed by atoms with van der Waals surface area (Å²) in [5.41, 5.74) is 0.604. The van der Waals surface area contributed by atoms with Gasteiger partial charge in [0.15, 0.2) is 0 Å². The summed E-state index contributed by atoms with van der Waals surface area (Å²) >= 11 is 6.11. The number of aryl methyl sites for hydroxylation is 1. The smallest absolute Gasteiger partial charge is 0.222 e. The van der Waals surface area contributed by atoms with Crippen molar-refractivity contribution in [2.75, 3.05) is 11.9 Å². The number of hydrogen-bond donors (Lipinski definition) is 2. The van der Waals surface area contributed by atoms with Gasteiger partial charge in [0, 0.05) is 30.5 Å². The molecule has 0 aliphatic heterocycles. The molecule has 118 valence electrons. The fraction of sp³-hybridized carbons (Fsp3) is 0.667. The number of hydrogen-bond acceptors (Lipinski definition) is 4. The first-order valence-corrected chi connectivity index (χ1v) is 7.68. The molecule has 0 aliphatic rings. The molecule has 1 amide bonds. The number of halogens is 1. The summed E-state index contributed by atoms with van der Waals surface area (Å²) in [4.78, 5) is 20.5. The van der Waals surface area contributed by atoms with Crippen LogP contribution in [0.25, 0.3) is 0 Å². The lowest BCUT2D eigenvalue weighted by molar-refractivity contribution is -0.122. The lowest BCUT2D eigenvalue weighted by Gasteiger charge is -2.20. The fourth-order valence-corrected chi connectivity index (χ4v) is 2.00. The third-order valence-electron chi connectivity index (χ3n) is 2.77. The molecule has 0 atom stereocenters. The Labute approximate surface area is 131 Å². The standard InChI is InChI=1S/C15H25ClN4O/c1-6-7-11-18-13(16)10(2)14(19-11)17-9-8-12(21)20-15(3,4)5/h6-9H2,1-5H3,(H,20,21)(H,17,18,19). The van der Waals surface area contributed by atoms with Crippen LogP contribution in [0.15, 0.2) is 0 Å². The monoisotopic (exact) mass is 312 g/mol. The molecule has 1 aromatic heterocycles. The molecule has 0 spiro atoms. The highest BCUT2D eigenvalue weighted by atomic mass is 35.5. The average Bonchev–Trinajstić information content (AvgIpc) is 2.33. The van der Waals surface area contributed by atoms with Gasteiger partial charge in [0.25, 0.3) is 0 Å². The first-order chi connectivity index (χ1) is 9.73. The van der Waals surface area contributed by atoms with Crippen LogP contribution in [0.5, 0.6) is 0 Å². The van der Waals surface area contributed by atoms with Crippen molar-refractivity contribution in [1.29, 1.82) is 0 Å². The van der Waals surface area contributed by atoms with Gasteiger partial charge in [-0.2, -0.15) is 0 Å². The minimum atomic E-state index is -0.209. The number of nitrogens with one attached hydrogen (secondary N) is 2. The van der Waals surface area contributed by atoms with Crippen molar-refractivity contribution in [2.45, 2.75) is 59.4 Å². The maximum Gasteiger partial charge on any atom is 0.222 e. The van der Waals surface area contributed by atoms with Gasteiger partial charge in [-0.15, -0.1) is 0 Å². The van der Waals surface area contributed by atoms with E-state index in [1.165, 1.54) is 0 Å². The van der Waals surface area contributed by atoms with Crippen LogP contribution < -0.4 is 10.6 Å². The molecule has 1 aromatic rings. The number of amides is 1. The van der Waals surface area contributed by atoms with E-state index in [0.29, 0.717) is 23.9 Å². The number of carbonyl (C=O) groups excluding carboxylic acids is 1. The fourth-order valence-electron chi connectivity index (χ4n) is 1.82. The Hall–Kier alpha value is -1.36. The quantitative estimate of drug-likeness (QED) is 0.792. The largest absolute Gasteiger partial charge is 0.369 e. The van der Waals surface area contributed by atoms with Gasteiger partial charge in [-0.3, -0.25) is 4.79 Å². The van der Waals surface area contributed by atoms with Crippen molar-refractivity contribution in [2.24, 2.45) is 0 Å². The molecule has 0 saturated carbocycles. The van der Waals surface area contributed by atoms with Crippen LogP contribution in [0.1, 0.15) is 51.9 Å². The van der Waals surface area contributed by atoms with Gasteiger partial charge < -0.3 is 10.6 Å². The van der Waals surface area contributed by atoms with Crippen LogP contribution in [0.3, 0.4) is 0 Å². The summed E-state index contributed by atoms with van der Waals surface area (Å²) in [5.74, 6) is 1.46. The molecule has 0 unspecified atom stereocenters. The lowest BCUT2D eigenvalue weighted by Crippen LogP contribution is -2.41. The summed E-state index contributed by atoms with van der Waals surface area (Å²) in [6, 6.07) is 0. The van der Waals surface area contributed by atoms with Crippen LogP contribution in [0, 0.1) is 6.92 Å². The Balaban J connectivity index is 2.61. The molecule has 21 heavy (non-hydrogen) atoms. The number of nitrogens with zero attached hydrogens (tertiary/aromatic N) is 2. The van der Waals surface area contributed by atoms with Crippen molar-refractivity contribution < 1.29 is 4.79 Å². The van der Waals surface area contributed by atoms with Gasteiger partial charge in [-0.25, -0.2) is 9.97 Å². The molecule has 1 rings (SSSR count). The molecule has 5 nitrogen and oxygen atoms in total. The second kappa shape index (κ2) is 7.59. The topological polar surface area (TPSA) is 66.9 Å². The molecule has 0 bridgehead atoms. The van der Waals surface area contributed by atoms with E-state index >= 15 is 0 Å². The first kappa shape index (κ1) is 17.7. The maximum atomic E-state index is 11.8. The highest BCUT2D eigenvalue weighted by molar-refractivity contribution is 6.30. The maximum absolute atomic E-state index is 11.8. The van der Waals surface area contributed by atoms with Crippen molar-refractivity contribution in [3.05, 3.63) is 16.5 Å². The summed E-state index contributed by atoms with van der Waals surface area (Å²) in [5, 5.41) is 6.57. The highest BCUT2D eigenvalue weighted by Gasteiger charge is 2.14. The van der Waals surface area contributed by atoms with Crippen molar-refractivity contribution >= 4 is 23.3 Å². The lowest BCUT2D eigenvalue weighted by atomic mass is 10.1. The molecule has 0 radical (unpaired) electrons. The predicted octanol–water partition coefficient (Wildman–Crippen LogP) is 3.11. The van der Waals surface area contributed by atoms with E-state index in [-0.39, 0.29) is 11.4 Å². The molecule has 1 heterocycles. The van der Waals surface area contributed by atoms with E-state index in [4.69, 9.17) is 11.6 Å². The Morgan fingerprint density at radius 2 is 1.95 bits per heavy atom. The summed E-state index contributed by atoms with van der Waals surface area (Å²) < 4.78 is 0. The summed E-state index contributed by atoms with van der Waals surface area (Å²) in [6.45, 7) is 10.3.